The number of nitrogens with one attached hydrogen (secondary N) is 2. The summed E-state index contributed by atoms with van der Waals surface area (Å²) in [5.74, 6) is 0.932. The van der Waals surface area contributed by atoms with Gasteiger partial charge >= 0.3 is 0 Å². The van der Waals surface area contributed by atoms with Crippen molar-refractivity contribution < 1.29 is 4.74 Å². The van der Waals surface area contributed by atoms with E-state index in [1.54, 1.807) is 7.11 Å². The second kappa shape index (κ2) is 11.7. The van der Waals surface area contributed by atoms with Gasteiger partial charge in [0.25, 0.3) is 0 Å². The minimum absolute atomic E-state index is 0. The highest BCUT2D eigenvalue weighted by Crippen LogP contribution is 2.17. The molecule has 0 aliphatic heterocycles. The Morgan fingerprint density at radius 3 is 2.58 bits per heavy atom. The quantitative estimate of drug-likeness (QED) is 0.395. The lowest BCUT2D eigenvalue weighted by molar-refractivity contribution is 0.162. The second-order valence-electron chi connectivity index (χ2n) is 4.92. The third-order valence-corrected chi connectivity index (χ3v) is 3.38. The molecule has 1 aliphatic carbocycles. The highest BCUT2D eigenvalue weighted by molar-refractivity contribution is 14.0. The first-order valence-electron chi connectivity index (χ1n) is 6.91. The molecule has 114 valence electrons. The fraction of sp³-hybridized carbons (Fsp3) is 0.923. The fourth-order valence-electron chi connectivity index (χ4n) is 2.18. The Labute approximate surface area is 134 Å². The van der Waals surface area contributed by atoms with E-state index in [4.69, 9.17) is 4.74 Å². The van der Waals surface area contributed by atoms with Gasteiger partial charge in [-0.25, -0.2) is 0 Å². The van der Waals surface area contributed by atoms with Crippen LogP contribution in [-0.4, -0.2) is 64.3 Å². The van der Waals surface area contributed by atoms with Gasteiger partial charge in [-0.15, -0.1) is 24.0 Å². The third kappa shape index (κ3) is 8.65. The van der Waals surface area contributed by atoms with E-state index in [-0.39, 0.29) is 24.0 Å². The van der Waals surface area contributed by atoms with Crippen LogP contribution in [0.4, 0.5) is 0 Å². The van der Waals surface area contributed by atoms with Crippen LogP contribution in [0.5, 0.6) is 0 Å². The van der Waals surface area contributed by atoms with Crippen molar-refractivity contribution >= 4 is 29.9 Å². The summed E-state index contributed by atoms with van der Waals surface area (Å²) in [7, 11) is 5.67. The number of rotatable bonds is 7. The number of hydrogen-bond acceptors (Lipinski definition) is 3. The maximum absolute atomic E-state index is 5.05. The van der Waals surface area contributed by atoms with Gasteiger partial charge in [-0.1, -0.05) is 12.8 Å². The van der Waals surface area contributed by atoms with Crippen LogP contribution in [-0.2, 0) is 4.74 Å². The number of ether oxygens (including phenoxy) is 1. The predicted octanol–water partition coefficient (Wildman–Crippen LogP) is 1.29. The van der Waals surface area contributed by atoms with Crippen molar-refractivity contribution in [1.82, 2.24) is 15.5 Å². The molecule has 0 radical (unpaired) electrons. The zero-order chi connectivity index (χ0) is 13.2. The maximum atomic E-state index is 5.05. The summed E-state index contributed by atoms with van der Waals surface area (Å²) < 4.78 is 5.05. The van der Waals surface area contributed by atoms with E-state index in [2.05, 4.69) is 27.6 Å². The smallest absolute Gasteiger partial charge is 0.191 e. The molecule has 0 spiro atoms. The van der Waals surface area contributed by atoms with E-state index in [9.17, 15) is 0 Å². The van der Waals surface area contributed by atoms with E-state index in [0.29, 0.717) is 6.04 Å². The molecule has 1 fully saturated rings. The van der Waals surface area contributed by atoms with E-state index in [1.165, 1.54) is 25.7 Å². The zero-order valence-electron chi connectivity index (χ0n) is 12.4. The van der Waals surface area contributed by atoms with Gasteiger partial charge in [0.2, 0.25) is 0 Å². The number of nitrogens with zero attached hydrogens (tertiary/aromatic N) is 2. The molecule has 0 amide bonds. The Hall–Kier alpha value is -0.0800. The summed E-state index contributed by atoms with van der Waals surface area (Å²) in [6.07, 6.45) is 5.23. The van der Waals surface area contributed by atoms with Gasteiger partial charge in [0, 0.05) is 39.8 Å². The molecule has 0 bridgehead atoms. The molecule has 0 unspecified atom stereocenters. The molecule has 5 nitrogen and oxygen atoms in total. The molecule has 1 aliphatic rings. The van der Waals surface area contributed by atoms with Crippen LogP contribution in [0.15, 0.2) is 4.99 Å². The van der Waals surface area contributed by atoms with Gasteiger partial charge in [0.15, 0.2) is 5.96 Å². The lowest BCUT2D eigenvalue weighted by atomic mass is 10.2. The number of likely N-dealkylation sites (N-methyl/N-ethyl adjacent to an activating group) is 1. The van der Waals surface area contributed by atoms with Gasteiger partial charge < -0.3 is 20.3 Å². The normalized spacial score (nSPS) is 16.5. The first kappa shape index (κ1) is 18.9. The van der Waals surface area contributed by atoms with Crippen molar-refractivity contribution in [3.05, 3.63) is 0 Å². The Morgan fingerprint density at radius 2 is 2.00 bits per heavy atom. The molecule has 0 aromatic heterocycles. The average Bonchev–Trinajstić information content (AvgIpc) is 2.88. The van der Waals surface area contributed by atoms with Gasteiger partial charge in [-0.3, -0.25) is 4.99 Å². The van der Waals surface area contributed by atoms with Crippen molar-refractivity contribution in [3.8, 4) is 0 Å². The molecule has 2 N–H and O–H groups in total. The van der Waals surface area contributed by atoms with Crippen molar-refractivity contribution in [2.45, 2.75) is 31.7 Å². The maximum Gasteiger partial charge on any atom is 0.191 e. The minimum atomic E-state index is 0. The molecule has 19 heavy (non-hydrogen) atoms. The molecule has 0 aromatic rings. The van der Waals surface area contributed by atoms with Crippen molar-refractivity contribution in [1.29, 1.82) is 0 Å². The largest absolute Gasteiger partial charge is 0.383 e. The van der Waals surface area contributed by atoms with E-state index in [1.807, 2.05) is 7.05 Å². The summed E-state index contributed by atoms with van der Waals surface area (Å²) >= 11 is 0. The number of halogens is 1. The topological polar surface area (TPSA) is 48.9 Å². The number of methoxy groups -OCH3 is 1. The molecule has 1 rings (SSSR count). The van der Waals surface area contributed by atoms with Crippen LogP contribution in [0.2, 0.25) is 0 Å². The summed E-state index contributed by atoms with van der Waals surface area (Å²) in [5.41, 5.74) is 0. The van der Waals surface area contributed by atoms with Crippen LogP contribution in [0.25, 0.3) is 0 Å². The van der Waals surface area contributed by atoms with Crippen LogP contribution in [0.1, 0.15) is 25.7 Å². The zero-order valence-corrected chi connectivity index (χ0v) is 14.8. The standard InChI is InChI=1S/C13H28N4O.HI/c1-14-13(16-12-6-4-5-7-12)15-8-9-17(2)10-11-18-3;/h12H,4-11H2,1-3H3,(H2,14,15,16);1H. The molecule has 0 saturated heterocycles. The number of hydrogen-bond donors (Lipinski definition) is 2. The summed E-state index contributed by atoms with van der Waals surface area (Å²) in [4.78, 5) is 6.51. The van der Waals surface area contributed by atoms with Crippen molar-refractivity contribution in [3.63, 3.8) is 0 Å². The van der Waals surface area contributed by atoms with Crippen LogP contribution >= 0.6 is 24.0 Å². The molecular weight excluding hydrogens is 355 g/mol. The molecule has 0 atom stereocenters. The van der Waals surface area contributed by atoms with E-state index < -0.39 is 0 Å². The Kier molecular flexibility index (Phi) is 11.7. The summed E-state index contributed by atoms with van der Waals surface area (Å²) in [6.45, 7) is 3.65. The van der Waals surface area contributed by atoms with Crippen LogP contribution in [0, 0.1) is 0 Å². The van der Waals surface area contributed by atoms with Gasteiger partial charge in [0.05, 0.1) is 6.61 Å². The fourth-order valence-corrected chi connectivity index (χ4v) is 2.18. The second-order valence-corrected chi connectivity index (χ2v) is 4.92. The highest BCUT2D eigenvalue weighted by atomic mass is 127. The van der Waals surface area contributed by atoms with E-state index >= 15 is 0 Å². The highest BCUT2D eigenvalue weighted by Gasteiger charge is 2.15. The van der Waals surface area contributed by atoms with Crippen molar-refractivity contribution in [2.24, 2.45) is 4.99 Å². The molecular formula is C13H29IN4O. The third-order valence-electron chi connectivity index (χ3n) is 3.38. The van der Waals surface area contributed by atoms with Crippen molar-refractivity contribution in [2.75, 3.05) is 47.4 Å². The minimum Gasteiger partial charge on any atom is -0.383 e. The van der Waals surface area contributed by atoms with Crippen LogP contribution in [0.3, 0.4) is 0 Å². The lowest BCUT2D eigenvalue weighted by Crippen LogP contribution is -2.44. The average molecular weight is 384 g/mol. The Morgan fingerprint density at radius 1 is 1.32 bits per heavy atom. The molecule has 0 heterocycles. The van der Waals surface area contributed by atoms with Gasteiger partial charge in [-0.05, 0) is 19.9 Å². The number of aliphatic imine (C=N–C) groups is 1. The van der Waals surface area contributed by atoms with Gasteiger partial charge in [0.1, 0.15) is 0 Å². The SMILES string of the molecule is CN=C(NCCN(C)CCOC)NC1CCCC1.I. The summed E-state index contributed by atoms with van der Waals surface area (Å²) in [5, 5.41) is 6.84. The lowest BCUT2D eigenvalue weighted by Gasteiger charge is -2.19. The monoisotopic (exact) mass is 384 g/mol. The van der Waals surface area contributed by atoms with Gasteiger partial charge in [-0.2, -0.15) is 0 Å². The molecule has 1 saturated carbocycles. The first-order valence-corrected chi connectivity index (χ1v) is 6.91. The van der Waals surface area contributed by atoms with E-state index in [0.717, 1.165) is 32.2 Å². The first-order chi connectivity index (χ1) is 8.76. The summed E-state index contributed by atoms with van der Waals surface area (Å²) in [6, 6.07) is 0.613. The molecule has 0 aromatic carbocycles. The Balaban J connectivity index is 0.00000324. The van der Waals surface area contributed by atoms with Crippen LogP contribution < -0.4 is 10.6 Å². The predicted molar refractivity (Wildman–Crippen MR) is 91.5 cm³/mol. The molecule has 6 heteroatoms. The Bertz CT molecular complexity index is 245. The number of guanidine groups is 1.